The van der Waals surface area contributed by atoms with Gasteiger partial charge in [-0.2, -0.15) is 0 Å². The van der Waals surface area contributed by atoms with Gasteiger partial charge in [0.15, 0.2) is 0 Å². The van der Waals surface area contributed by atoms with Crippen LogP contribution in [0.25, 0.3) is 10.8 Å². The lowest BCUT2D eigenvalue weighted by atomic mass is 9.97. The van der Waals surface area contributed by atoms with E-state index >= 15 is 0 Å². The van der Waals surface area contributed by atoms with Crippen molar-refractivity contribution < 1.29 is 14.3 Å². The summed E-state index contributed by atoms with van der Waals surface area (Å²) >= 11 is 0. The molecule has 0 atom stereocenters. The van der Waals surface area contributed by atoms with Gasteiger partial charge in [0.25, 0.3) is 5.91 Å². The molecule has 0 aliphatic carbocycles. The number of hydrogen-bond donors (Lipinski definition) is 1. The van der Waals surface area contributed by atoms with Gasteiger partial charge in [-0.1, -0.05) is 72.5 Å². The topological polar surface area (TPSA) is 55.4 Å². The molecule has 1 N–H and O–H groups in total. The van der Waals surface area contributed by atoms with Crippen LogP contribution in [0.2, 0.25) is 0 Å². The van der Waals surface area contributed by atoms with Gasteiger partial charge in [-0.25, -0.2) is 4.79 Å². The zero-order chi connectivity index (χ0) is 21.6. The Labute approximate surface area is 177 Å². The minimum Gasteiger partial charge on any atom is -0.467 e. The number of aryl methyl sites for hydroxylation is 1. The van der Waals surface area contributed by atoms with Gasteiger partial charge in [-0.3, -0.25) is 4.79 Å². The fraction of sp³-hybridized carbons (Fsp3) is 0.231. The highest BCUT2D eigenvalue weighted by molar-refractivity contribution is 6.05. The molecule has 0 spiro atoms. The highest BCUT2D eigenvalue weighted by Crippen LogP contribution is 2.23. The summed E-state index contributed by atoms with van der Waals surface area (Å²) in [5.41, 5.74) is 1.19. The van der Waals surface area contributed by atoms with Gasteiger partial charge in [0.2, 0.25) is 0 Å². The summed E-state index contributed by atoms with van der Waals surface area (Å²) in [7, 11) is 1.30. The zero-order valence-electron chi connectivity index (χ0n) is 17.5. The van der Waals surface area contributed by atoms with Crippen molar-refractivity contribution in [2.45, 2.75) is 32.2 Å². The van der Waals surface area contributed by atoms with E-state index in [4.69, 9.17) is 4.74 Å². The predicted octanol–water partition coefficient (Wildman–Crippen LogP) is 4.51. The van der Waals surface area contributed by atoms with E-state index in [1.165, 1.54) is 12.7 Å². The Balaban J connectivity index is 1.92. The molecule has 3 rings (SSSR count). The summed E-state index contributed by atoms with van der Waals surface area (Å²) in [6.45, 7) is 3.23. The highest BCUT2D eigenvalue weighted by atomic mass is 16.5. The Hall–Kier alpha value is -3.58. The average Bonchev–Trinajstić information content (AvgIpc) is 2.76. The fourth-order valence-electron chi connectivity index (χ4n) is 3.26. The van der Waals surface area contributed by atoms with Crippen molar-refractivity contribution in [3.63, 3.8) is 0 Å². The second kappa shape index (κ2) is 9.28. The standard InChI is InChI=1S/C26H25NO3/c1-26(2,25(29)30-3)27-24(28)23-18-17-20-14-8-10-15-21(20)22(23)16-9-7-13-19-11-5-4-6-12-19/h4-6,8,10-12,14-15,17-18H,7,13H2,1-3H3,(H,27,28). The second-order valence-electron chi connectivity index (χ2n) is 7.57. The van der Waals surface area contributed by atoms with Crippen molar-refractivity contribution in [2.75, 3.05) is 7.11 Å². The van der Waals surface area contributed by atoms with E-state index in [0.717, 1.165) is 17.2 Å². The number of ether oxygens (including phenoxy) is 1. The zero-order valence-corrected chi connectivity index (χ0v) is 17.5. The molecular weight excluding hydrogens is 374 g/mol. The first-order valence-corrected chi connectivity index (χ1v) is 9.88. The van der Waals surface area contributed by atoms with E-state index in [1.54, 1.807) is 19.9 Å². The number of nitrogens with one attached hydrogen (secondary N) is 1. The molecule has 0 unspecified atom stereocenters. The van der Waals surface area contributed by atoms with Crippen LogP contribution in [0.15, 0.2) is 66.7 Å². The van der Waals surface area contributed by atoms with Gasteiger partial charge < -0.3 is 10.1 Å². The summed E-state index contributed by atoms with van der Waals surface area (Å²) in [6.07, 6.45) is 1.53. The van der Waals surface area contributed by atoms with Crippen LogP contribution >= 0.6 is 0 Å². The third-order valence-electron chi connectivity index (χ3n) is 4.89. The molecule has 3 aromatic rings. The molecule has 0 aliphatic rings. The number of carbonyl (C=O) groups is 2. The number of carbonyl (C=O) groups excluding carboxylic acids is 2. The first kappa shape index (κ1) is 21.1. The summed E-state index contributed by atoms with van der Waals surface area (Å²) in [4.78, 5) is 25.0. The molecule has 4 nitrogen and oxygen atoms in total. The number of fused-ring (bicyclic) bond motifs is 1. The van der Waals surface area contributed by atoms with Crippen molar-refractivity contribution in [2.24, 2.45) is 0 Å². The van der Waals surface area contributed by atoms with E-state index in [1.807, 2.05) is 48.5 Å². The maximum atomic E-state index is 13.0. The minimum absolute atomic E-state index is 0.358. The fourth-order valence-corrected chi connectivity index (χ4v) is 3.26. The largest absolute Gasteiger partial charge is 0.467 e. The van der Waals surface area contributed by atoms with Gasteiger partial charge >= 0.3 is 5.97 Å². The molecule has 0 aliphatic heterocycles. The molecule has 30 heavy (non-hydrogen) atoms. The van der Waals surface area contributed by atoms with Crippen molar-refractivity contribution in [3.8, 4) is 11.8 Å². The Bertz CT molecular complexity index is 1120. The third kappa shape index (κ3) is 4.87. The molecule has 0 bridgehead atoms. The molecule has 0 saturated carbocycles. The molecule has 0 radical (unpaired) electrons. The van der Waals surface area contributed by atoms with Crippen LogP contribution in [0, 0.1) is 11.8 Å². The summed E-state index contributed by atoms with van der Waals surface area (Å²) in [5, 5.41) is 4.68. The van der Waals surface area contributed by atoms with Crippen LogP contribution in [-0.2, 0) is 16.0 Å². The van der Waals surface area contributed by atoms with Crippen molar-refractivity contribution in [1.82, 2.24) is 5.32 Å². The number of amides is 1. The van der Waals surface area contributed by atoms with E-state index in [9.17, 15) is 9.59 Å². The molecule has 0 saturated heterocycles. The average molecular weight is 399 g/mol. The van der Waals surface area contributed by atoms with Crippen molar-refractivity contribution in [1.29, 1.82) is 0 Å². The molecule has 0 aromatic heterocycles. The lowest BCUT2D eigenvalue weighted by Gasteiger charge is -2.23. The summed E-state index contributed by atoms with van der Waals surface area (Å²) in [5.74, 6) is 5.56. The number of hydrogen-bond acceptors (Lipinski definition) is 3. The van der Waals surface area contributed by atoms with E-state index in [0.29, 0.717) is 17.5 Å². The van der Waals surface area contributed by atoms with Crippen LogP contribution in [0.3, 0.4) is 0 Å². The number of rotatable bonds is 5. The number of benzene rings is 3. The molecule has 4 heteroatoms. The lowest BCUT2D eigenvalue weighted by Crippen LogP contribution is -2.50. The molecule has 1 amide bonds. The van der Waals surface area contributed by atoms with Gasteiger partial charge in [0.05, 0.1) is 12.7 Å². The quantitative estimate of drug-likeness (QED) is 0.507. The first-order chi connectivity index (χ1) is 14.4. The SMILES string of the molecule is COC(=O)C(C)(C)NC(=O)c1ccc2ccccc2c1C#CCCc1ccccc1. The van der Waals surface area contributed by atoms with E-state index < -0.39 is 11.5 Å². The first-order valence-electron chi connectivity index (χ1n) is 9.88. The lowest BCUT2D eigenvalue weighted by molar-refractivity contribution is -0.146. The van der Waals surface area contributed by atoms with E-state index in [-0.39, 0.29) is 5.91 Å². The molecular formula is C26H25NO3. The third-order valence-corrected chi connectivity index (χ3v) is 4.89. The summed E-state index contributed by atoms with van der Waals surface area (Å²) < 4.78 is 4.79. The summed E-state index contributed by atoms with van der Waals surface area (Å²) in [6, 6.07) is 21.7. The van der Waals surface area contributed by atoms with Gasteiger partial charge in [0, 0.05) is 12.0 Å². The van der Waals surface area contributed by atoms with E-state index in [2.05, 4.69) is 29.3 Å². The Morgan fingerprint density at radius 3 is 2.40 bits per heavy atom. The van der Waals surface area contributed by atoms with Crippen molar-refractivity contribution in [3.05, 3.63) is 83.4 Å². The molecule has 3 aromatic carbocycles. The van der Waals surface area contributed by atoms with Gasteiger partial charge in [-0.05, 0) is 42.7 Å². The Morgan fingerprint density at radius 1 is 0.967 bits per heavy atom. The van der Waals surface area contributed by atoms with Crippen LogP contribution in [0.1, 0.15) is 41.8 Å². The van der Waals surface area contributed by atoms with Crippen molar-refractivity contribution >= 4 is 22.6 Å². The minimum atomic E-state index is -1.14. The monoisotopic (exact) mass is 399 g/mol. The Morgan fingerprint density at radius 2 is 1.67 bits per heavy atom. The van der Waals surface area contributed by atoms with Gasteiger partial charge in [0.1, 0.15) is 5.54 Å². The predicted molar refractivity (Wildman–Crippen MR) is 119 cm³/mol. The van der Waals surface area contributed by atoms with Crippen LogP contribution in [-0.4, -0.2) is 24.5 Å². The van der Waals surface area contributed by atoms with Crippen LogP contribution < -0.4 is 5.32 Å². The maximum Gasteiger partial charge on any atom is 0.330 e. The molecule has 0 fully saturated rings. The molecule has 0 heterocycles. The van der Waals surface area contributed by atoms with Gasteiger partial charge in [-0.15, -0.1) is 0 Å². The maximum absolute atomic E-state index is 13.0. The number of methoxy groups -OCH3 is 1. The molecule has 152 valence electrons. The normalized spacial score (nSPS) is 10.8. The smallest absolute Gasteiger partial charge is 0.330 e. The van der Waals surface area contributed by atoms with Crippen LogP contribution in [0.4, 0.5) is 0 Å². The Kier molecular flexibility index (Phi) is 6.54. The highest BCUT2D eigenvalue weighted by Gasteiger charge is 2.31. The second-order valence-corrected chi connectivity index (χ2v) is 7.57. The number of esters is 1. The van der Waals surface area contributed by atoms with Crippen LogP contribution in [0.5, 0.6) is 0 Å².